The van der Waals surface area contributed by atoms with Crippen LogP contribution in [0.15, 0.2) is 212 Å². The number of nitrogens with zero attached hydrogens (tertiary/aromatic N) is 2. The van der Waals surface area contributed by atoms with Gasteiger partial charge in [0, 0.05) is 34.6 Å². The number of halogens is 2. The van der Waals surface area contributed by atoms with Crippen molar-refractivity contribution < 1.29 is 49.1 Å². The van der Waals surface area contributed by atoms with E-state index in [2.05, 4.69) is 36.8 Å². The predicted molar refractivity (Wildman–Crippen MR) is 334 cm³/mol. The molecule has 4 N–H and O–H groups in total. The number of carbonyl (C=O) groups excluding carboxylic acids is 2. The van der Waals surface area contributed by atoms with E-state index in [9.17, 15) is 34.5 Å². The molecule has 0 amide bonds. The molecule has 0 bridgehead atoms. The van der Waals surface area contributed by atoms with Crippen LogP contribution in [0.5, 0.6) is 0 Å². The summed E-state index contributed by atoms with van der Waals surface area (Å²) in [7, 11) is 0. The van der Waals surface area contributed by atoms with Gasteiger partial charge in [0.2, 0.25) is 0 Å². The van der Waals surface area contributed by atoms with E-state index in [4.69, 9.17) is 14.6 Å². The van der Waals surface area contributed by atoms with Crippen molar-refractivity contribution in [3.05, 3.63) is 251 Å². The molecule has 2 fully saturated rings. The van der Waals surface area contributed by atoms with Gasteiger partial charge in [-0.25, -0.2) is 4.79 Å². The molecule has 433 valence electrons. The average Bonchev–Trinajstić information content (AvgIpc) is 3.48. The summed E-state index contributed by atoms with van der Waals surface area (Å²) >= 11 is 6.43. The van der Waals surface area contributed by atoms with Crippen molar-refractivity contribution in [2.24, 2.45) is 0 Å². The molecule has 12 nitrogen and oxygen atoms in total. The van der Waals surface area contributed by atoms with Crippen molar-refractivity contribution in [3.8, 4) is 0 Å². The smallest absolute Gasteiger partial charge is 0.328 e. The summed E-state index contributed by atoms with van der Waals surface area (Å²) in [5, 5.41) is 39.1. The maximum atomic E-state index is 13.3. The molecule has 9 rings (SSSR count). The first-order valence-electron chi connectivity index (χ1n) is 26.4. The first kappa shape index (κ1) is 69.6. The molecule has 2 aliphatic heterocycles. The summed E-state index contributed by atoms with van der Waals surface area (Å²) in [6, 6.07) is 65.8. The van der Waals surface area contributed by atoms with E-state index >= 15 is 0 Å². The topological polar surface area (TPSA) is 174 Å². The summed E-state index contributed by atoms with van der Waals surface area (Å²) < 4.78 is 11.4. The van der Waals surface area contributed by atoms with E-state index < -0.39 is 44.9 Å². The van der Waals surface area contributed by atoms with Gasteiger partial charge in [-0.05, 0) is 85.4 Å². The molecule has 15 heteroatoms. The van der Waals surface area contributed by atoms with Gasteiger partial charge in [0.25, 0.3) is 0 Å². The second kappa shape index (κ2) is 34.7. The number of carbonyl (C=O) groups is 4. The van der Waals surface area contributed by atoms with Gasteiger partial charge in [-0.15, -0.1) is 0 Å². The number of benzene rings is 7. The Hall–Kier alpha value is -6.72. The van der Waals surface area contributed by atoms with Crippen LogP contribution in [0, 0.1) is 0 Å². The Morgan fingerprint density at radius 2 is 0.720 bits per heavy atom. The lowest BCUT2D eigenvalue weighted by Gasteiger charge is -2.41. The second-order valence-corrected chi connectivity index (χ2v) is 21.6. The van der Waals surface area contributed by atoms with Crippen LogP contribution >= 0.6 is 31.9 Å². The number of hydrogen-bond acceptors (Lipinski definition) is 10. The number of aliphatic hydroxyl groups is 2. The van der Waals surface area contributed by atoms with Crippen LogP contribution < -0.4 is 0 Å². The van der Waals surface area contributed by atoms with E-state index in [-0.39, 0.29) is 47.4 Å². The van der Waals surface area contributed by atoms with Crippen LogP contribution in [0.4, 0.5) is 0 Å². The monoisotopic (exact) mass is 1240 g/mol. The quantitative estimate of drug-likeness (QED) is 0.0435. The maximum absolute atomic E-state index is 13.3. The molecule has 2 heterocycles. The van der Waals surface area contributed by atoms with Gasteiger partial charge in [0.1, 0.15) is 33.9 Å². The third kappa shape index (κ3) is 20.9. The van der Waals surface area contributed by atoms with Gasteiger partial charge < -0.3 is 29.9 Å². The number of hydrogen-bond donors (Lipinski definition) is 4. The number of aliphatic carboxylic acids is 2. The van der Waals surface area contributed by atoms with Crippen LogP contribution in [0.3, 0.4) is 0 Å². The molecule has 0 saturated carbocycles. The van der Waals surface area contributed by atoms with Gasteiger partial charge in [-0.2, -0.15) is 0 Å². The van der Waals surface area contributed by atoms with Crippen LogP contribution in [-0.2, 0) is 34.3 Å². The number of carboxylic acids is 2. The summed E-state index contributed by atoms with van der Waals surface area (Å²) in [6.45, 7) is 8.03. The fourth-order valence-electron chi connectivity index (χ4n) is 9.31. The first-order chi connectivity index (χ1) is 38.0. The minimum absolute atomic E-state index is 0. The lowest BCUT2D eigenvalue weighted by molar-refractivity contribution is -0.158. The Kier molecular flexibility index (Phi) is 29.4. The number of likely N-dealkylation sites (tertiary alicyclic amines) is 2. The normalized spacial score (nSPS) is 16.4. The molecule has 7 aromatic rings. The van der Waals surface area contributed by atoms with Crippen molar-refractivity contribution in [1.29, 1.82) is 0 Å². The highest BCUT2D eigenvalue weighted by Gasteiger charge is 2.40. The number of piperidine rings is 2. The van der Waals surface area contributed by atoms with Crippen LogP contribution in [0.2, 0.25) is 0 Å². The summed E-state index contributed by atoms with van der Waals surface area (Å²) in [5.41, 5.74) is 4.75. The number of carboxylic acid groups (broad SMARTS) is 2. The molecule has 3 radical (unpaired) electrons. The molecule has 2 unspecified atom stereocenters. The summed E-state index contributed by atoms with van der Waals surface area (Å²) in [5.74, 6) is -2.23. The molecule has 6 atom stereocenters. The molecule has 7 aromatic carbocycles. The fourth-order valence-corrected chi connectivity index (χ4v) is 10.0. The zero-order chi connectivity index (χ0) is 56.8. The van der Waals surface area contributed by atoms with Gasteiger partial charge in [0.15, 0.2) is 0 Å². The molecule has 2 saturated heterocycles. The highest BCUT2D eigenvalue weighted by Crippen LogP contribution is 2.37. The summed E-state index contributed by atoms with van der Waals surface area (Å²) in [6.07, 6.45) is 1.79. The Bertz CT molecular complexity index is 2920. The highest BCUT2D eigenvalue weighted by molar-refractivity contribution is 9.09. The van der Waals surface area contributed by atoms with Crippen molar-refractivity contribution in [2.45, 2.75) is 106 Å². The van der Waals surface area contributed by atoms with Crippen molar-refractivity contribution in [3.63, 3.8) is 0 Å². The van der Waals surface area contributed by atoms with E-state index in [1.807, 2.05) is 226 Å². The summed E-state index contributed by atoms with van der Waals surface area (Å²) in [4.78, 5) is 50.3. The van der Waals surface area contributed by atoms with E-state index in [0.29, 0.717) is 51.9 Å². The van der Waals surface area contributed by atoms with Crippen LogP contribution in [0.25, 0.3) is 0 Å². The van der Waals surface area contributed by atoms with Gasteiger partial charge >= 0.3 is 23.9 Å². The Morgan fingerprint density at radius 3 is 1.09 bits per heavy atom. The lowest BCUT2D eigenvalue weighted by atomic mass is 9.83. The number of ether oxygens (including phenoxy) is 2. The van der Waals surface area contributed by atoms with Crippen molar-refractivity contribution in [2.75, 3.05) is 26.2 Å². The molecule has 0 spiro atoms. The molecule has 0 aliphatic carbocycles. The standard InChI is InChI=1S/C27H29NO3.C16H15BrO2.C14H19NO3.C8H7BrO2.2CH4.B/c1-21(22-11-5-2-6-12-22)31-26(29)25(23-13-7-3-8-14-23)28-19-17-27(30,18-20-28)24-15-9-4-10-16-24;1-12(13-8-4-2-5-9-13)19-16(18)15(17)14-10-6-3-7-11-14;1-14(18)7-9-15(10-8-14)12(13(16)17)11-5-3-2-4-6-11;9-7(8(10)11)6-4-2-1-3-5-6;;;/h2-16,21,25,30H,17-20H2,1H3;2-12,15H,1H3;2-6,12,18H,7-10H2,1H3,(H,16,17);1-5,7H,(H,10,11);2*1H4;/t21-,25+;12-,15?;12-;;;;/m001..../s1. The number of rotatable bonds is 15. The molecular formula is C67H78BBr2N2O10. The Morgan fingerprint density at radius 1 is 0.427 bits per heavy atom. The van der Waals surface area contributed by atoms with Crippen LogP contribution in [-0.4, -0.2) is 94.3 Å². The van der Waals surface area contributed by atoms with E-state index in [1.54, 1.807) is 12.1 Å². The molecule has 0 aromatic heterocycles. The fraction of sp³-hybridized carbons (Fsp3) is 0.313. The van der Waals surface area contributed by atoms with Crippen molar-refractivity contribution >= 4 is 64.2 Å². The largest absolute Gasteiger partial charge is 0.480 e. The molecular weight excluding hydrogens is 1160 g/mol. The lowest BCUT2D eigenvalue weighted by Crippen LogP contribution is -2.46. The predicted octanol–water partition coefficient (Wildman–Crippen LogP) is 14.2. The van der Waals surface area contributed by atoms with Gasteiger partial charge in [-0.3, -0.25) is 24.2 Å². The van der Waals surface area contributed by atoms with Gasteiger partial charge in [0.05, 0.1) is 11.2 Å². The van der Waals surface area contributed by atoms with Gasteiger partial charge in [-0.1, -0.05) is 259 Å². The second-order valence-electron chi connectivity index (χ2n) is 19.8. The number of alkyl halides is 2. The Labute approximate surface area is 504 Å². The van der Waals surface area contributed by atoms with Crippen LogP contribution in [0.1, 0.15) is 134 Å². The highest BCUT2D eigenvalue weighted by atomic mass is 79.9. The zero-order valence-corrected chi connectivity index (χ0v) is 48.5. The first-order valence-corrected chi connectivity index (χ1v) is 28.2. The third-order valence-corrected chi connectivity index (χ3v) is 15.8. The van der Waals surface area contributed by atoms with E-state index in [1.165, 1.54) is 0 Å². The molecule has 82 heavy (non-hydrogen) atoms. The average molecular weight is 1240 g/mol. The maximum Gasteiger partial charge on any atom is 0.328 e. The third-order valence-electron chi connectivity index (χ3n) is 14.0. The van der Waals surface area contributed by atoms with E-state index in [0.717, 1.165) is 38.9 Å². The number of esters is 2. The minimum Gasteiger partial charge on any atom is -0.480 e. The van der Waals surface area contributed by atoms with Crippen molar-refractivity contribution in [1.82, 2.24) is 9.80 Å². The Balaban J connectivity index is 0.000000302. The SMILES string of the molecule is C.C.CC1(O)CCN([C@@H](C(=O)O)c2ccccc2)CC1.C[C@H](OC(=O)C(Br)c1ccccc1)c1ccccc1.C[C@H](OC(=O)[C@@H](c1ccccc1)N1CCC(O)(c2ccccc2)CC1)c1ccccc1.O=C(O)C(Br)c1ccccc1.[B]. The zero-order valence-electron chi connectivity index (χ0n) is 45.3. The minimum atomic E-state index is -0.865. The molecule has 2 aliphatic rings.